The van der Waals surface area contributed by atoms with Crippen molar-refractivity contribution < 1.29 is 0 Å². The van der Waals surface area contributed by atoms with E-state index >= 15 is 0 Å². The Labute approximate surface area is 76.2 Å². The third-order valence-corrected chi connectivity index (χ3v) is 2.35. The minimum Gasteiger partial charge on any atom is -0.300 e. The average Bonchev–Trinajstić information content (AvgIpc) is 2.12. The molecule has 0 aromatic carbocycles. The third-order valence-electron chi connectivity index (χ3n) is 2.35. The maximum atomic E-state index is 8.66. The van der Waals surface area contributed by atoms with Gasteiger partial charge in [-0.25, -0.2) is 0 Å². The predicted octanol–water partition coefficient (Wildman–Crippen LogP) is 2.27. The van der Waals surface area contributed by atoms with Crippen LogP contribution in [0, 0.1) is 17.2 Å². The van der Waals surface area contributed by atoms with Gasteiger partial charge < -0.3 is 0 Å². The van der Waals surface area contributed by atoms with Crippen molar-refractivity contribution in [3.8, 4) is 6.07 Å². The first-order chi connectivity index (χ1) is 5.65. The topological polar surface area (TPSA) is 27.0 Å². The Morgan fingerprint density at radius 1 is 1.33 bits per heavy atom. The number of hydrogen-bond acceptors (Lipinski definition) is 2. The van der Waals surface area contributed by atoms with Crippen molar-refractivity contribution in [2.24, 2.45) is 5.92 Å². The fourth-order valence-corrected chi connectivity index (χ4v) is 1.27. The molecule has 0 bridgehead atoms. The summed E-state index contributed by atoms with van der Waals surface area (Å²) in [5, 5.41) is 8.66. The van der Waals surface area contributed by atoms with Crippen LogP contribution < -0.4 is 0 Å². The zero-order valence-corrected chi connectivity index (χ0v) is 8.67. The summed E-state index contributed by atoms with van der Waals surface area (Å²) in [4.78, 5) is 2.36. The van der Waals surface area contributed by atoms with Gasteiger partial charge in [-0.15, -0.1) is 0 Å². The fraction of sp³-hybridized carbons (Fsp3) is 0.900. The number of rotatable bonds is 5. The summed E-state index contributed by atoms with van der Waals surface area (Å²) in [6.45, 7) is 10.5. The Morgan fingerprint density at radius 2 is 1.92 bits per heavy atom. The van der Waals surface area contributed by atoms with Gasteiger partial charge in [-0.05, 0) is 26.8 Å². The number of hydrogen-bond donors (Lipinski definition) is 0. The van der Waals surface area contributed by atoms with Crippen molar-refractivity contribution in [1.82, 2.24) is 4.90 Å². The Kier molecular flexibility index (Phi) is 5.74. The van der Waals surface area contributed by atoms with E-state index in [2.05, 4.69) is 31.7 Å². The second kappa shape index (κ2) is 6.02. The van der Waals surface area contributed by atoms with Crippen LogP contribution >= 0.6 is 0 Å². The van der Waals surface area contributed by atoms with E-state index in [0.717, 1.165) is 19.5 Å². The molecule has 12 heavy (non-hydrogen) atoms. The van der Waals surface area contributed by atoms with Crippen LogP contribution in [0.5, 0.6) is 0 Å². The molecule has 0 aromatic heterocycles. The highest BCUT2D eigenvalue weighted by molar-refractivity contribution is 4.82. The number of nitriles is 1. The van der Waals surface area contributed by atoms with Gasteiger partial charge in [0.25, 0.3) is 0 Å². The SMILES string of the molecule is CCC(C)N(CC)CC(C)C#N. The van der Waals surface area contributed by atoms with Gasteiger partial charge in [-0.3, -0.25) is 4.90 Å². The van der Waals surface area contributed by atoms with Crippen molar-refractivity contribution in [3.05, 3.63) is 0 Å². The first kappa shape index (κ1) is 11.4. The molecular formula is C10H20N2. The van der Waals surface area contributed by atoms with Crippen LogP contribution in [-0.2, 0) is 0 Å². The molecule has 2 heteroatoms. The average molecular weight is 168 g/mol. The Hall–Kier alpha value is -0.550. The highest BCUT2D eigenvalue weighted by Crippen LogP contribution is 2.06. The molecule has 0 saturated heterocycles. The van der Waals surface area contributed by atoms with Gasteiger partial charge in [0, 0.05) is 12.6 Å². The second-order valence-corrected chi connectivity index (χ2v) is 3.37. The Morgan fingerprint density at radius 3 is 2.25 bits per heavy atom. The summed E-state index contributed by atoms with van der Waals surface area (Å²) in [5.41, 5.74) is 0. The molecule has 0 rings (SSSR count). The standard InChI is InChI=1S/C10H20N2/c1-5-10(4)12(6-2)8-9(3)7-11/h9-10H,5-6,8H2,1-4H3. The van der Waals surface area contributed by atoms with E-state index in [9.17, 15) is 0 Å². The summed E-state index contributed by atoms with van der Waals surface area (Å²) in [7, 11) is 0. The molecule has 0 saturated carbocycles. The second-order valence-electron chi connectivity index (χ2n) is 3.37. The van der Waals surface area contributed by atoms with Crippen LogP contribution in [-0.4, -0.2) is 24.0 Å². The van der Waals surface area contributed by atoms with E-state index in [-0.39, 0.29) is 5.92 Å². The molecule has 2 unspecified atom stereocenters. The summed E-state index contributed by atoms with van der Waals surface area (Å²) in [6, 6.07) is 2.87. The number of nitrogens with zero attached hydrogens (tertiary/aromatic N) is 2. The molecule has 0 aliphatic rings. The van der Waals surface area contributed by atoms with E-state index in [1.54, 1.807) is 0 Å². The first-order valence-electron chi connectivity index (χ1n) is 4.79. The molecule has 0 radical (unpaired) electrons. The molecule has 0 aromatic rings. The lowest BCUT2D eigenvalue weighted by atomic mass is 10.1. The smallest absolute Gasteiger partial charge is 0.0666 e. The van der Waals surface area contributed by atoms with Gasteiger partial charge in [0.1, 0.15) is 0 Å². The molecule has 2 nitrogen and oxygen atoms in total. The van der Waals surface area contributed by atoms with Crippen LogP contribution in [0.4, 0.5) is 0 Å². The van der Waals surface area contributed by atoms with E-state index < -0.39 is 0 Å². The molecule has 0 aliphatic carbocycles. The molecular weight excluding hydrogens is 148 g/mol. The van der Waals surface area contributed by atoms with Crippen LogP contribution in [0.1, 0.15) is 34.1 Å². The third kappa shape index (κ3) is 3.73. The molecule has 0 aliphatic heterocycles. The van der Waals surface area contributed by atoms with Crippen LogP contribution in [0.15, 0.2) is 0 Å². The van der Waals surface area contributed by atoms with Gasteiger partial charge >= 0.3 is 0 Å². The molecule has 0 heterocycles. The van der Waals surface area contributed by atoms with Crippen molar-refractivity contribution in [2.45, 2.75) is 40.2 Å². The van der Waals surface area contributed by atoms with E-state index in [1.807, 2.05) is 6.92 Å². The van der Waals surface area contributed by atoms with E-state index in [4.69, 9.17) is 5.26 Å². The molecule has 2 atom stereocenters. The summed E-state index contributed by atoms with van der Waals surface area (Å²) in [5.74, 6) is 0.152. The quantitative estimate of drug-likeness (QED) is 0.629. The monoisotopic (exact) mass is 168 g/mol. The molecule has 0 fully saturated rings. The minimum absolute atomic E-state index is 0.152. The highest BCUT2D eigenvalue weighted by atomic mass is 15.1. The van der Waals surface area contributed by atoms with Crippen molar-refractivity contribution in [1.29, 1.82) is 5.26 Å². The van der Waals surface area contributed by atoms with Crippen LogP contribution in [0.25, 0.3) is 0 Å². The fourth-order valence-electron chi connectivity index (χ4n) is 1.27. The van der Waals surface area contributed by atoms with Gasteiger partial charge in [0.05, 0.1) is 12.0 Å². The molecule has 70 valence electrons. The van der Waals surface area contributed by atoms with Crippen LogP contribution in [0.3, 0.4) is 0 Å². The Bertz CT molecular complexity index is 148. The maximum absolute atomic E-state index is 8.66. The zero-order valence-electron chi connectivity index (χ0n) is 8.67. The van der Waals surface area contributed by atoms with Gasteiger partial charge in [-0.2, -0.15) is 5.26 Å². The van der Waals surface area contributed by atoms with Crippen molar-refractivity contribution in [3.63, 3.8) is 0 Å². The zero-order chi connectivity index (χ0) is 9.56. The van der Waals surface area contributed by atoms with Crippen molar-refractivity contribution >= 4 is 0 Å². The lowest BCUT2D eigenvalue weighted by Gasteiger charge is -2.27. The normalized spacial score (nSPS) is 15.7. The molecule has 0 N–H and O–H groups in total. The van der Waals surface area contributed by atoms with E-state index in [1.165, 1.54) is 0 Å². The Balaban J connectivity index is 3.92. The van der Waals surface area contributed by atoms with Crippen molar-refractivity contribution in [2.75, 3.05) is 13.1 Å². The van der Waals surface area contributed by atoms with Gasteiger partial charge in [0.2, 0.25) is 0 Å². The lowest BCUT2D eigenvalue weighted by Crippen LogP contribution is -2.35. The summed E-state index contributed by atoms with van der Waals surface area (Å²) in [6.07, 6.45) is 1.16. The van der Waals surface area contributed by atoms with E-state index in [0.29, 0.717) is 6.04 Å². The summed E-state index contributed by atoms with van der Waals surface area (Å²) >= 11 is 0. The van der Waals surface area contributed by atoms with Gasteiger partial charge in [-0.1, -0.05) is 13.8 Å². The molecule has 0 spiro atoms. The molecule has 0 amide bonds. The predicted molar refractivity (Wildman–Crippen MR) is 51.8 cm³/mol. The first-order valence-corrected chi connectivity index (χ1v) is 4.79. The minimum atomic E-state index is 0.152. The highest BCUT2D eigenvalue weighted by Gasteiger charge is 2.12. The maximum Gasteiger partial charge on any atom is 0.0666 e. The largest absolute Gasteiger partial charge is 0.300 e. The summed E-state index contributed by atoms with van der Waals surface area (Å²) < 4.78 is 0. The van der Waals surface area contributed by atoms with Gasteiger partial charge in [0.15, 0.2) is 0 Å². The van der Waals surface area contributed by atoms with Crippen LogP contribution in [0.2, 0.25) is 0 Å². The lowest BCUT2D eigenvalue weighted by molar-refractivity contribution is 0.200.